The van der Waals surface area contributed by atoms with Crippen LogP contribution in [0.1, 0.15) is 23.8 Å². The number of pyridine rings is 1. The molecule has 26 heavy (non-hydrogen) atoms. The molecule has 1 aromatic carbocycles. The van der Waals surface area contributed by atoms with Crippen LogP contribution < -0.4 is 10.9 Å². The maximum Gasteiger partial charge on any atom is 0.317 e. The molecule has 0 bridgehead atoms. The van der Waals surface area contributed by atoms with Crippen LogP contribution in [-0.4, -0.2) is 41.7 Å². The van der Waals surface area contributed by atoms with E-state index >= 15 is 0 Å². The molecule has 1 atom stereocenters. The number of carbonyl (C=O) groups excluding carboxylic acids is 1. The van der Waals surface area contributed by atoms with Gasteiger partial charge in [0, 0.05) is 31.4 Å². The van der Waals surface area contributed by atoms with E-state index in [0.29, 0.717) is 39.2 Å². The number of amides is 2. The minimum Gasteiger partial charge on any atom is -0.370 e. The molecular weight excluding hydrogens is 330 g/mol. The van der Waals surface area contributed by atoms with Gasteiger partial charge in [-0.05, 0) is 25.0 Å². The Bertz CT molecular complexity index is 788. The Morgan fingerprint density at radius 1 is 1.19 bits per heavy atom. The summed E-state index contributed by atoms with van der Waals surface area (Å²) < 4.78 is 7.52. The molecule has 0 radical (unpaired) electrons. The Kier molecular flexibility index (Phi) is 6.07. The largest absolute Gasteiger partial charge is 0.370 e. The van der Waals surface area contributed by atoms with Crippen LogP contribution in [0.4, 0.5) is 4.79 Å². The smallest absolute Gasteiger partial charge is 0.317 e. The molecule has 2 heterocycles. The van der Waals surface area contributed by atoms with Crippen LogP contribution in [0, 0.1) is 6.92 Å². The van der Waals surface area contributed by atoms with Gasteiger partial charge in [-0.1, -0.05) is 36.4 Å². The standard InChI is InChI=1S/C20H25N3O3/c1-16-7-5-10-19(24)23(16)12-6-11-21-20(25)22-13-14-26-18(15-22)17-8-3-2-4-9-17/h2-5,7-10,18H,6,11-15H2,1H3,(H,21,25)/t18-/m1/s1. The molecule has 0 spiro atoms. The molecule has 1 aromatic heterocycles. The molecule has 2 aromatic rings. The summed E-state index contributed by atoms with van der Waals surface area (Å²) in [6.45, 7) is 4.72. The van der Waals surface area contributed by atoms with Gasteiger partial charge < -0.3 is 19.5 Å². The fraction of sp³-hybridized carbons (Fsp3) is 0.400. The van der Waals surface area contributed by atoms with E-state index < -0.39 is 0 Å². The van der Waals surface area contributed by atoms with Gasteiger partial charge in [0.05, 0.1) is 13.2 Å². The number of benzene rings is 1. The third-order valence-electron chi connectivity index (χ3n) is 4.63. The van der Waals surface area contributed by atoms with E-state index in [1.54, 1.807) is 21.6 Å². The second kappa shape index (κ2) is 8.67. The number of aryl methyl sites for hydroxylation is 1. The van der Waals surface area contributed by atoms with Gasteiger partial charge in [-0.2, -0.15) is 0 Å². The molecule has 0 saturated carbocycles. The zero-order valence-electron chi connectivity index (χ0n) is 15.1. The zero-order chi connectivity index (χ0) is 18.4. The summed E-state index contributed by atoms with van der Waals surface area (Å²) in [4.78, 5) is 26.0. The van der Waals surface area contributed by atoms with Gasteiger partial charge in [-0.15, -0.1) is 0 Å². The van der Waals surface area contributed by atoms with Gasteiger partial charge in [0.15, 0.2) is 0 Å². The molecule has 1 fully saturated rings. The first-order chi connectivity index (χ1) is 12.6. The third-order valence-corrected chi connectivity index (χ3v) is 4.63. The topological polar surface area (TPSA) is 63.6 Å². The van der Waals surface area contributed by atoms with Crippen LogP contribution in [0.25, 0.3) is 0 Å². The van der Waals surface area contributed by atoms with E-state index in [1.165, 1.54) is 0 Å². The van der Waals surface area contributed by atoms with Gasteiger partial charge in [-0.3, -0.25) is 4.79 Å². The number of aromatic nitrogens is 1. The highest BCUT2D eigenvalue weighted by Crippen LogP contribution is 2.21. The van der Waals surface area contributed by atoms with E-state index in [4.69, 9.17) is 4.74 Å². The van der Waals surface area contributed by atoms with Gasteiger partial charge in [0.25, 0.3) is 5.56 Å². The van der Waals surface area contributed by atoms with Crippen molar-refractivity contribution in [3.05, 3.63) is 70.1 Å². The SMILES string of the molecule is Cc1cccc(=O)n1CCCNC(=O)N1CCO[C@@H](c2ccccc2)C1. The highest BCUT2D eigenvalue weighted by atomic mass is 16.5. The lowest BCUT2D eigenvalue weighted by Gasteiger charge is -2.33. The van der Waals surface area contributed by atoms with Crippen molar-refractivity contribution in [1.82, 2.24) is 14.8 Å². The first kappa shape index (κ1) is 18.2. The van der Waals surface area contributed by atoms with Gasteiger partial charge in [0.2, 0.25) is 0 Å². The van der Waals surface area contributed by atoms with Crippen molar-refractivity contribution in [2.45, 2.75) is 26.0 Å². The number of carbonyl (C=O) groups is 1. The molecule has 1 aliphatic heterocycles. The summed E-state index contributed by atoms with van der Waals surface area (Å²) >= 11 is 0. The number of hydrogen-bond acceptors (Lipinski definition) is 3. The van der Waals surface area contributed by atoms with Crippen molar-refractivity contribution in [1.29, 1.82) is 0 Å². The number of nitrogens with one attached hydrogen (secondary N) is 1. The molecule has 2 amide bonds. The predicted octanol–water partition coefficient (Wildman–Crippen LogP) is 2.33. The second-order valence-electron chi connectivity index (χ2n) is 6.46. The summed E-state index contributed by atoms with van der Waals surface area (Å²) in [6, 6.07) is 15.1. The van der Waals surface area contributed by atoms with Crippen molar-refractivity contribution in [2.75, 3.05) is 26.2 Å². The molecule has 1 aliphatic rings. The average Bonchev–Trinajstić information content (AvgIpc) is 2.67. The van der Waals surface area contributed by atoms with Crippen LogP contribution in [0.15, 0.2) is 53.3 Å². The molecular formula is C20H25N3O3. The maximum absolute atomic E-state index is 12.4. The highest BCUT2D eigenvalue weighted by Gasteiger charge is 2.24. The lowest BCUT2D eigenvalue weighted by molar-refractivity contribution is -0.0154. The average molecular weight is 355 g/mol. The minimum atomic E-state index is -0.0822. The molecule has 3 rings (SSSR count). The highest BCUT2D eigenvalue weighted by molar-refractivity contribution is 5.74. The van der Waals surface area contributed by atoms with Crippen molar-refractivity contribution in [3.8, 4) is 0 Å². The Labute approximate surface area is 153 Å². The Morgan fingerprint density at radius 2 is 2.00 bits per heavy atom. The lowest BCUT2D eigenvalue weighted by Crippen LogP contribution is -2.47. The number of nitrogens with zero attached hydrogens (tertiary/aromatic N) is 2. The molecule has 6 nitrogen and oxygen atoms in total. The van der Waals surface area contributed by atoms with Crippen molar-refractivity contribution < 1.29 is 9.53 Å². The normalized spacial score (nSPS) is 17.1. The summed E-state index contributed by atoms with van der Waals surface area (Å²) in [5, 5.41) is 2.95. The second-order valence-corrected chi connectivity index (χ2v) is 6.46. The van der Waals surface area contributed by atoms with Crippen LogP contribution in [0.3, 0.4) is 0 Å². The van der Waals surface area contributed by atoms with Gasteiger partial charge in [0.1, 0.15) is 6.10 Å². The van der Waals surface area contributed by atoms with E-state index in [-0.39, 0.29) is 17.7 Å². The zero-order valence-corrected chi connectivity index (χ0v) is 15.1. The van der Waals surface area contributed by atoms with Crippen LogP contribution >= 0.6 is 0 Å². The monoisotopic (exact) mass is 355 g/mol. The maximum atomic E-state index is 12.4. The summed E-state index contributed by atoms with van der Waals surface area (Å²) in [5.74, 6) is 0. The number of morpholine rings is 1. The third kappa shape index (κ3) is 4.52. The first-order valence-electron chi connectivity index (χ1n) is 9.01. The van der Waals surface area contributed by atoms with E-state index in [1.807, 2.05) is 43.3 Å². The fourth-order valence-corrected chi connectivity index (χ4v) is 3.16. The molecule has 138 valence electrons. The van der Waals surface area contributed by atoms with Crippen LogP contribution in [0.2, 0.25) is 0 Å². The summed E-state index contributed by atoms with van der Waals surface area (Å²) in [7, 11) is 0. The van der Waals surface area contributed by atoms with E-state index in [2.05, 4.69) is 5.32 Å². The number of rotatable bonds is 5. The Hall–Kier alpha value is -2.60. The van der Waals surface area contributed by atoms with E-state index in [0.717, 1.165) is 11.3 Å². The number of urea groups is 1. The fourth-order valence-electron chi connectivity index (χ4n) is 3.16. The predicted molar refractivity (Wildman–Crippen MR) is 100 cm³/mol. The van der Waals surface area contributed by atoms with Crippen LogP contribution in [0.5, 0.6) is 0 Å². The number of ether oxygens (including phenoxy) is 1. The van der Waals surface area contributed by atoms with Crippen molar-refractivity contribution in [3.63, 3.8) is 0 Å². The minimum absolute atomic E-state index is 0.00444. The summed E-state index contributed by atoms with van der Waals surface area (Å²) in [6.07, 6.45) is 0.629. The van der Waals surface area contributed by atoms with Crippen molar-refractivity contribution >= 4 is 6.03 Å². The molecule has 6 heteroatoms. The summed E-state index contributed by atoms with van der Waals surface area (Å²) in [5.41, 5.74) is 2.02. The lowest BCUT2D eigenvalue weighted by atomic mass is 10.1. The van der Waals surface area contributed by atoms with E-state index in [9.17, 15) is 9.59 Å². The van der Waals surface area contributed by atoms with Crippen LogP contribution in [-0.2, 0) is 11.3 Å². The Balaban J connectivity index is 1.47. The van der Waals surface area contributed by atoms with Crippen molar-refractivity contribution in [2.24, 2.45) is 0 Å². The number of hydrogen-bond donors (Lipinski definition) is 1. The molecule has 1 N–H and O–H groups in total. The molecule has 0 aliphatic carbocycles. The van der Waals surface area contributed by atoms with Gasteiger partial charge in [-0.25, -0.2) is 4.79 Å². The Morgan fingerprint density at radius 3 is 2.77 bits per heavy atom. The quantitative estimate of drug-likeness (QED) is 0.838. The first-order valence-corrected chi connectivity index (χ1v) is 9.01. The molecule has 1 saturated heterocycles. The van der Waals surface area contributed by atoms with Gasteiger partial charge >= 0.3 is 6.03 Å². The molecule has 0 unspecified atom stereocenters.